The molecule has 2 nitrogen and oxygen atoms in total. The summed E-state index contributed by atoms with van der Waals surface area (Å²) in [6, 6.07) is 5.08. The van der Waals surface area contributed by atoms with Crippen LogP contribution < -0.4 is 0 Å². The maximum Gasteiger partial charge on any atom is 0.416 e. The molecule has 0 aromatic heterocycles. The van der Waals surface area contributed by atoms with E-state index in [0.717, 1.165) is 42.6 Å². The van der Waals surface area contributed by atoms with Crippen molar-refractivity contribution in [1.29, 1.82) is 0 Å². The molecule has 0 spiro atoms. The number of nitrogens with zero attached hydrogens (tertiary/aromatic N) is 1. The van der Waals surface area contributed by atoms with Gasteiger partial charge < -0.3 is 10.0 Å². The Morgan fingerprint density at radius 2 is 1.73 bits per heavy atom. The van der Waals surface area contributed by atoms with Crippen molar-refractivity contribution in [2.45, 2.75) is 38.0 Å². The highest BCUT2D eigenvalue weighted by Gasteiger charge is 2.36. The van der Waals surface area contributed by atoms with Crippen LogP contribution in [-0.2, 0) is 12.6 Å². The van der Waals surface area contributed by atoms with Crippen molar-refractivity contribution >= 4 is 0 Å². The van der Waals surface area contributed by atoms with E-state index < -0.39 is 17.8 Å². The molecule has 1 atom stereocenters. The molecule has 1 saturated heterocycles. The number of aliphatic hydroxyl groups excluding tert-OH is 1. The Labute approximate surface area is 128 Å². The van der Waals surface area contributed by atoms with E-state index in [1.807, 2.05) is 0 Å². The third-order valence-electron chi connectivity index (χ3n) is 5.02. The number of benzene rings is 1. The molecule has 0 bridgehead atoms. The zero-order valence-corrected chi connectivity index (χ0v) is 12.5. The lowest BCUT2D eigenvalue weighted by Crippen LogP contribution is -2.53. The van der Waals surface area contributed by atoms with Gasteiger partial charge in [0.1, 0.15) is 0 Å². The van der Waals surface area contributed by atoms with Gasteiger partial charge in [-0.3, -0.25) is 0 Å². The molecule has 3 rings (SSSR count). The predicted molar refractivity (Wildman–Crippen MR) is 78.4 cm³/mol. The van der Waals surface area contributed by atoms with Gasteiger partial charge in [-0.2, -0.15) is 13.2 Å². The number of aliphatic hydroxyl groups is 1. The number of alkyl halides is 3. The third-order valence-corrected chi connectivity index (χ3v) is 5.02. The standard InChI is InChI=1S/C17H22F3NO/c18-17(19,20)15-6-4-12(5-7-15)8-16(22)11-21-9-14(10-21)13-2-1-3-13/h4-7,13-14,16,22H,1-3,8-11H2. The van der Waals surface area contributed by atoms with Gasteiger partial charge in [-0.1, -0.05) is 31.4 Å². The van der Waals surface area contributed by atoms with E-state index in [1.54, 1.807) is 0 Å². The highest BCUT2D eigenvalue weighted by molar-refractivity contribution is 5.25. The van der Waals surface area contributed by atoms with Gasteiger partial charge in [-0.15, -0.1) is 0 Å². The summed E-state index contributed by atoms with van der Waals surface area (Å²) in [5.41, 5.74) is 0.105. The molecule has 1 aromatic rings. The Kier molecular flexibility index (Phi) is 4.46. The average Bonchev–Trinajstić information content (AvgIpc) is 2.33. The molecule has 1 saturated carbocycles. The van der Waals surface area contributed by atoms with Crippen LogP contribution in [0.2, 0.25) is 0 Å². The second-order valence-electron chi connectivity index (χ2n) is 6.72. The summed E-state index contributed by atoms with van der Waals surface area (Å²) in [6.45, 7) is 2.74. The molecule has 1 aliphatic heterocycles. The average molecular weight is 313 g/mol. The molecule has 0 amide bonds. The van der Waals surface area contributed by atoms with E-state index in [2.05, 4.69) is 4.90 Å². The van der Waals surface area contributed by atoms with Crippen LogP contribution in [0.15, 0.2) is 24.3 Å². The number of hydrogen-bond donors (Lipinski definition) is 1. The Balaban J connectivity index is 1.43. The highest BCUT2D eigenvalue weighted by Crippen LogP contribution is 2.38. The maximum absolute atomic E-state index is 12.5. The Bertz CT molecular complexity index is 490. The number of rotatable bonds is 5. The molecule has 1 unspecified atom stereocenters. The van der Waals surface area contributed by atoms with Crippen molar-refractivity contribution in [2.24, 2.45) is 11.8 Å². The zero-order valence-electron chi connectivity index (χ0n) is 12.5. The van der Waals surface area contributed by atoms with Crippen molar-refractivity contribution in [1.82, 2.24) is 4.90 Å². The molecule has 5 heteroatoms. The highest BCUT2D eigenvalue weighted by atomic mass is 19.4. The van der Waals surface area contributed by atoms with E-state index in [-0.39, 0.29) is 0 Å². The predicted octanol–water partition coefficient (Wildman–Crippen LogP) is 3.34. The van der Waals surface area contributed by atoms with E-state index >= 15 is 0 Å². The summed E-state index contributed by atoms with van der Waals surface area (Å²) in [4.78, 5) is 2.25. The van der Waals surface area contributed by atoms with E-state index in [4.69, 9.17) is 0 Å². The van der Waals surface area contributed by atoms with Crippen LogP contribution in [0.3, 0.4) is 0 Å². The van der Waals surface area contributed by atoms with Gasteiger partial charge in [0.25, 0.3) is 0 Å². The SMILES string of the molecule is OC(Cc1ccc(C(F)(F)F)cc1)CN1CC(C2CCC2)C1. The smallest absolute Gasteiger partial charge is 0.391 e. The minimum Gasteiger partial charge on any atom is -0.391 e. The second kappa shape index (κ2) is 6.20. The van der Waals surface area contributed by atoms with E-state index in [9.17, 15) is 18.3 Å². The van der Waals surface area contributed by atoms with Crippen molar-refractivity contribution in [3.05, 3.63) is 35.4 Å². The first-order valence-electron chi connectivity index (χ1n) is 7.98. The van der Waals surface area contributed by atoms with Crippen LogP contribution in [0.4, 0.5) is 13.2 Å². The van der Waals surface area contributed by atoms with Gasteiger partial charge >= 0.3 is 6.18 Å². The normalized spacial score (nSPS) is 22.2. The molecule has 1 heterocycles. The molecule has 122 valence electrons. The van der Waals surface area contributed by atoms with Gasteiger partial charge in [0, 0.05) is 19.6 Å². The molecule has 1 N–H and O–H groups in total. The van der Waals surface area contributed by atoms with Crippen LogP contribution in [0.25, 0.3) is 0 Å². The van der Waals surface area contributed by atoms with Crippen LogP contribution >= 0.6 is 0 Å². The first-order chi connectivity index (χ1) is 10.4. The lowest BCUT2D eigenvalue weighted by atomic mass is 9.72. The monoisotopic (exact) mass is 313 g/mol. The van der Waals surface area contributed by atoms with Crippen molar-refractivity contribution < 1.29 is 18.3 Å². The Hall–Kier alpha value is -1.07. The number of hydrogen-bond acceptors (Lipinski definition) is 2. The van der Waals surface area contributed by atoms with E-state index in [0.29, 0.717) is 13.0 Å². The van der Waals surface area contributed by atoms with Gasteiger partial charge in [0.05, 0.1) is 11.7 Å². The zero-order chi connectivity index (χ0) is 15.7. The van der Waals surface area contributed by atoms with Crippen molar-refractivity contribution in [2.75, 3.05) is 19.6 Å². The summed E-state index contributed by atoms with van der Waals surface area (Å²) in [5.74, 6) is 1.69. The van der Waals surface area contributed by atoms with Gasteiger partial charge in [0.15, 0.2) is 0 Å². The molecule has 22 heavy (non-hydrogen) atoms. The van der Waals surface area contributed by atoms with E-state index in [1.165, 1.54) is 31.4 Å². The fraction of sp³-hybridized carbons (Fsp3) is 0.647. The Morgan fingerprint density at radius 3 is 2.23 bits per heavy atom. The van der Waals surface area contributed by atoms with Crippen molar-refractivity contribution in [3.8, 4) is 0 Å². The molecular formula is C17H22F3NO. The molecule has 1 aliphatic carbocycles. The lowest BCUT2D eigenvalue weighted by Gasteiger charge is -2.47. The molecule has 1 aromatic carbocycles. The van der Waals surface area contributed by atoms with Crippen LogP contribution in [0, 0.1) is 11.8 Å². The topological polar surface area (TPSA) is 23.5 Å². The minimum atomic E-state index is -4.30. The van der Waals surface area contributed by atoms with Crippen molar-refractivity contribution in [3.63, 3.8) is 0 Å². The summed E-state index contributed by atoms with van der Waals surface area (Å²) < 4.78 is 37.5. The third kappa shape index (κ3) is 3.63. The number of β-amino-alcohol motifs (C(OH)–C–C–N with tert-alkyl or cyclic N) is 1. The quantitative estimate of drug-likeness (QED) is 0.901. The van der Waals surface area contributed by atoms with Crippen LogP contribution in [0.5, 0.6) is 0 Å². The Morgan fingerprint density at radius 1 is 1.09 bits per heavy atom. The minimum absolute atomic E-state index is 0.405. The van der Waals surface area contributed by atoms with Gasteiger partial charge in [-0.25, -0.2) is 0 Å². The number of likely N-dealkylation sites (tertiary alicyclic amines) is 1. The molecular weight excluding hydrogens is 291 g/mol. The fourth-order valence-corrected chi connectivity index (χ4v) is 3.43. The fourth-order valence-electron chi connectivity index (χ4n) is 3.43. The second-order valence-corrected chi connectivity index (χ2v) is 6.72. The summed E-state index contributed by atoms with van der Waals surface area (Å²) >= 11 is 0. The molecule has 2 aliphatic rings. The largest absolute Gasteiger partial charge is 0.416 e. The molecule has 2 fully saturated rings. The summed E-state index contributed by atoms with van der Waals surface area (Å²) in [6.07, 6.45) is -0.343. The number of halogens is 3. The first-order valence-corrected chi connectivity index (χ1v) is 7.98. The van der Waals surface area contributed by atoms with Crippen LogP contribution in [-0.4, -0.2) is 35.7 Å². The van der Waals surface area contributed by atoms with Crippen LogP contribution in [0.1, 0.15) is 30.4 Å². The molecule has 0 radical (unpaired) electrons. The lowest BCUT2D eigenvalue weighted by molar-refractivity contribution is -0.137. The first kappa shape index (κ1) is 15.8. The van der Waals surface area contributed by atoms with Gasteiger partial charge in [0.2, 0.25) is 0 Å². The van der Waals surface area contributed by atoms with Gasteiger partial charge in [-0.05, 0) is 36.0 Å². The maximum atomic E-state index is 12.5. The summed E-state index contributed by atoms with van der Waals surface area (Å²) in [5, 5.41) is 10.1. The summed E-state index contributed by atoms with van der Waals surface area (Å²) in [7, 11) is 0.